The average Bonchev–Trinajstić information content (AvgIpc) is 2.59. The quantitative estimate of drug-likeness (QED) is 0.233. The van der Waals surface area contributed by atoms with Crippen molar-refractivity contribution >= 4 is 0 Å². The second-order valence-electron chi connectivity index (χ2n) is 6.42. The summed E-state index contributed by atoms with van der Waals surface area (Å²) in [6.45, 7) is 0.0532. The monoisotopic (exact) mass is 369 g/mol. The van der Waals surface area contributed by atoms with E-state index in [9.17, 15) is 35.7 Å². The van der Waals surface area contributed by atoms with Gasteiger partial charge in [0.05, 0.1) is 19.3 Å². The number of hydrogen-bond acceptors (Lipinski definition) is 11. The zero-order valence-electron chi connectivity index (χ0n) is 14.0. The Labute approximate surface area is 144 Å². The summed E-state index contributed by atoms with van der Waals surface area (Å²) >= 11 is 0. The summed E-state index contributed by atoms with van der Waals surface area (Å²) in [5.74, 6) is -1.90. The first-order valence-electron chi connectivity index (χ1n) is 8.00. The van der Waals surface area contributed by atoms with Crippen LogP contribution in [0.3, 0.4) is 0 Å². The molecule has 10 atom stereocenters. The molecule has 11 heteroatoms. The van der Waals surface area contributed by atoms with Crippen molar-refractivity contribution < 1.29 is 50.0 Å². The first kappa shape index (κ1) is 20.9. The molecule has 0 aromatic heterocycles. The van der Waals surface area contributed by atoms with Crippen LogP contribution < -0.4 is 5.32 Å². The van der Waals surface area contributed by atoms with E-state index in [0.29, 0.717) is 0 Å². The predicted octanol–water partition coefficient (Wildman–Crippen LogP) is -4.78. The summed E-state index contributed by atoms with van der Waals surface area (Å²) in [5.41, 5.74) is 0. The Morgan fingerprint density at radius 2 is 1.48 bits per heavy atom. The molecule has 0 aromatic rings. The molecule has 2 fully saturated rings. The fraction of sp³-hybridized carbons (Fsp3) is 1.00. The third-order valence-electron chi connectivity index (χ3n) is 4.72. The van der Waals surface area contributed by atoms with Crippen LogP contribution in [-0.4, -0.2) is 117 Å². The highest BCUT2D eigenvalue weighted by Gasteiger charge is 2.55. The maximum atomic E-state index is 10.2. The molecule has 0 aromatic carbocycles. The van der Waals surface area contributed by atoms with Crippen LogP contribution in [0.1, 0.15) is 6.92 Å². The van der Waals surface area contributed by atoms with E-state index in [-0.39, 0.29) is 0 Å². The molecule has 0 bridgehead atoms. The summed E-state index contributed by atoms with van der Waals surface area (Å²) < 4.78 is 16.4. The summed E-state index contributed by atoms with van der Waals surface area (Å²) in [6, 6.07) is -0.943. The molecule has 2 aliphatic heterocycles. The molecule has 0 radical (unpaired) electrons. The second-order valence-corrected chi connectivity index (χ2v) is 6.42. The molecule has 148 valence electrons. The topological polar surface area (TPSA) is 181 Å². The molecular formula is C14H27NO10. The first-order valence-corrected chi connectivity index (χ1v) is 8.00. The summed E-state index contributed by atoms with van der Waals surface area (Å²) in [6.07, 6.45) is -11.2. The molecule has 8 N–H and O–H groups in total. The van der Waals surface area contributed by atoms with E-state index in [1.54, 1.807) is 0 Å². The molecule has 0 amide bonds. The highest BCUT2D eigenvalue weighted by Crippen LogP contribution is 2.34. The highest BCUT2D eigenvalue weighted by atomic mass is 16.8. The molecule has 2 aliphatic rings. The Bertz CT molecular complexity index is 440. The summed E-state index contributed by atoms with van der Waals surface area (Å²) in [5, 5.41) is 71.3. The molecule has 0 aliphatic carbocycles. The SMILES string of the molecule is CNC1C(O)[C@H](O)C(CO)O[C@@H]1O[C@@]1(C)OC(CO)[C@@H](O)C(O)C1O. The minimum atomic E-state index is -1.90. The van der Waals surface area contributed by atoms with E-state index in [0.717, 1.165) is 0 Å². The van der Waals surface area contributed by atoms with Gasteiger partial charge in [-0.2, -0.15) is 0 Å². The van der Waals surface area contributed by atoms with Crippen molar-refractivity contribution in [3.63, 3.8) is 0 Å². The van der Waals surface area contributed by atoms with Crippen LogP contribution in [0.4, 0.5) is 0 Å². The third kappa shape index (κ3) is 3.82. The van der Waals surface area contributed by atoms with Crippen LogP contribution in [0.25, 0.3) is 0 Å². The number of ether oxygens (including phenoxy) is 3. The lowest BCUT2D eigenvalue weighted by Crippen LogP contribution is -2.69. The second kappa shape index (κ2) is 8.06. The van der Waals surface area contributed by atoms with Crippen molar-refractivity contribution in [1.82, 2.24) is 5.32 Å². The van der Waals surface area contributed by atoms with Gasteiger partial charge in [-0.05, 0) is 14.0 Å². The van der Waals surface area contributed by atoms with Gasteiger partial charge in [-0.1, -0.05) is 0 Å². The molecule has 11 nitrogen and oxygen atoms in total. The van der Waals surface area contributed by atoms with Gasteiger partial charge in [0.2, 0.25) is 0 Å². The van der Waals surface area contributed by atoms with Gasteiger partial charge < -0.3 is 55.3 Å². The van der Waals surface area contributed by atoms with Gasteiger partial charge in [-0.15, -0.1) is 0 Å². The molecule has 0 spiro atoms. The van der Waals surface area contributed by atoms with E-state index in [1.807, 2.05) is 0 Å². The lowest BCUT2D eigenvalue weighted by molar-refractivity contribution is -0.407. The van der Waals surface area contributed by atoms with Crippen molar-refractivity contribution in [3.05, 3.63) is 0 Å². The molecular weight excluding hydrogens is 342 g/mol. The summed E-state index contributed by atoms with van der Waals surface area (Å²) in [7, 11) is 1.48. The molecule has 0 saturated carbocycles. The van der Waals surface area contributed by atoms with Gasteiger partial charge in [-0.3, -0.25) is 0 Å². The van der Waals surface area contributed by atoms with Crippen LogP contribution in [0.2, 0.25) is 0 Å². The Morgan fingerprint density at radius 1 is 0.920 bits per heavy atom. The maximum absolute atomic E-state index is 10.2. The van der Waals surface area contributed by atoms with Crippen molar-refractivity contribution in [2.75, 3.05) is 20.3 Å². The van der Waals surface area contributed by atoms with Gasteiger partial charge >= 0.3 is 0 Å². The lowest BCUT2D eigenvalue weighted by atomic mass is 9.92. The van der Waals surface area contributed by atoms with Crippen LogP contribution in [0, 0.1) is 0 Å². The van der Waals surface area contributed by atoms with E-state index >= 15 is 0 Å². The fourth-order valence-electron chi connectivity index (χ4n) is 3.12. The Kier molecular flexibility index (Phi) is 6.73. The largest absolute Gasteiger partial charge is 0.394 e. The molecule has 25 heavy (non-hydrogen) atoms. The minimum Gasteiger partial charge on any atom is -0.394 e. The van der Waals surface area contributed by atoms with Crippen molar-refractivity contribution in [2.24, 2.45) is 0 Å². The highest BCUT2D eigenvalue weighted by molar-refractivity contribution is 4.98. The standard InChI is InChI=1S/C14H27NO10/c1-14(12(22)11(21)9(19)6(4-17)24-14)25-13-7(15-2)10(20)8(18)5(3-16)23-13/h5-13,15-22H,3-4H2,1-2H3/t5?,6?,7?,8-,9-,10?,11?,12?,13-,14-/m1/s1. The predicted molar refractivity (Wildman–Crippen MR) is 80.1 cm³/mol. The number of nitrogens with one attached hydrogen (secondary N) is 1. The van der Waals surface area contributed by atoms with Crippen LogP contribution >= 0.6 is 0 Å². The number of likely N-dealkylation sites (N-methyl/N-ethyl adjacent to an activating group) is 1. The first-order chi connectivity index (χ1) is 11.7. The van der Waals surface area contributed by atoms with Crippen LogP contribution in [0.5, 0.6) is 0 Å². The Morgan fingerprint density at radius 3 is 2.00 bits per heavy atom. The number of hydrogen-bond donors (Lipinski definition) is 8. The Hall–Kier alpha value is -0.440. The van der Waals surface area contributed by atoms with Gasteiger partial charge in [-0.25, -0.2) is 0 Å². The minimum absolute atomic E-state index is 0.588. The number of aliphatic hydroxyl groups excluding tert-OH is 7. The van der Waals surface area contributed by atoms with Crippen LogP contribution in [-0.2, 0) is 14.2 Å². The van der Waals surface area contributed by atoms with E-state index in [2.05, 4.69) is 5.32 Å². The average molecular weight is 369 g/mol. The van der Waals surface area contributed by atoms with Crippen molar-refractivity contribution in [2.45, 2.75) is 67.8 Å². The lowest BCUT2D eigenvalue weighted by Gasteiger charge is -2.50. The van der Waals surface area contributed by atoms with Crippen molar-refractivity contribution in [1.29, 1.82) is 0 Å². The van der Waals surface area contributed by atoms with Gasteiger partial charge in [0, 0.05) is 0 Å². The normalized spacial score (nSPS) is 51.5. The molecule has 2 rings (SSSR count). The smallest absolute Gasteiger partial charge is 0.197 e. The fourth-order valence-corrected chi connectivity index (χ4v) is 3.12. The molecule has 6 unspecified atom stereocenters. The van der Waals surface area contributed by atoms with E-state index < -0.39 is 74.1 Å². The Balaban J connectivity index is 2.22. The van der Waals surface area contributed by atoms with Gasteiger partial charge in [0.1, 0.15) is 42.7 Å². The summed E-state index contributed by atoms with van der Waals surface area (Å²) in [4.78, 5) is 0. The zero-order chi connectivity index (χ0) is 18.9. The number of aliphatic hydroxyl groups is 7. The maximum Gasteiger partial charge on any atom is 0.197 e. The molecule has 2 saturated heterocycles. The van der Waals surface area contributed by atoms with E-state index in [1.165, 1.54) is 14.0 Å². The van der Waals surface area contributed by atoms with Gasteiger partial charge in [0.15, 0.2) is 12.1 Å². The van der Waals surface area contributed by atoms with E-state index in [4.69, 9.17) is 14.2 Å². The third-order valence-corrected chi connectivity index (χ3v) is 4.72. The zero-order valence-corrected chi connectivity index (χ0v) is 14.0. The number of rotatable bonds is 5. The van der Waals surface area contributed by atoms with Gasteiger partial charge in [0.25, 0.3) is 0 Å². The molecule has 2 heterocycles. The van der Waals surface area contributed by atoms with Crippen LogP contribution in [0.15, 0.2) is 0 Å². The van der Waals surface area contributed by atoms with Crippen molar-refractivity contribution in [3.8, 4) is 0 Å².